The highest BCUT2D eigenvalue weighted by Crippen LogP contribution is 2.22. The van der Waals surface area contributed by atoms with Gasteiger partial charge in [0.1, 0.15) is 0 Å². The van der Waals surface area contributed by atoms with E-state index >= 15 is 0 Å². The molecule has 0 unspecified atom stereocenters. The summed E-state index contributed by atoms with van der Waals surface area (Å²) in [6.45, 7) is -2.83. The zero-order valence-corrected chi connectivity index (χ0v) is 6.88. The van der Waals surface area contributed by atoms with Gasteiger partial charge in [-0.2, -0.15) is 8.78 Å². The van der Waals surface area contributed by atoms with E-state index in [0.29, 0.717) is 4.47 Å². The Bertz CT molecular complexity index is 244. The summed E-state index contributed by atoms with van der Waals surface area (Å²) in [5, 5.41) is 0. The van der Waals surface area contributed by atoms with Gasteiger partial charge in [-0.15, -0.1) is 0 Å². The number of halogens is 3. The molecule has 0 aliphatic carbocycles. The largest absolute Gasteiger partial charge is 0.416 e. The zero-order chi connectivity index (χ0) is 8.27. The molecule has 0 saturated heterocycles. The second-order valence-electron chi connectivity index (χ2n) is 1.67. The van der Waals surface area contributed by atoms with E-state index in [-0.39, 0.29) is 5.88 Å². The first kappa shape index (κ1) is 8.39. The van der Waals surface area contributed by atoms with Gasteiger partial charge in [0.2, 0.25) is 5.88 Å². The lowest BCUT2D eigenvalue weighted by Crippen LogP contribution is -2.03. The Kier molecular flexibility index (Phi) is 2.76. The predicted molar refractivity (Wildman–Crippen MR) is 38.6 cm³/mol. The normalized spacial score (nSPS) is 10.2. The molecule has 1 aromatic rings. The quantitative estimate of drug-likeness (QED) is 0.769. The van der Waals surface area contributed by atoms with Gasteiger partial charge < -0.3 is 4.74 Å². The Morgan fingerprint density at radius 2 is 2.27 bits per heavy atom. The van der Waals surface area contributed by atoms with Crippen LogP contribution < -0.4 is 4.74 Å². The van der Waals surface area contributed by atoms with Crippen molar-refractivity contribution in [3.8, 4) is 5.88 Å². The lowest BCUT2D eigenvalue weighted by molar-refractivity contribution is -0.0533. The van der Waals surface area contributed by atoms with Crippen LogP contribution in [0.1, 0.15) is 0 Å². The van der Waals surface area contributed by atoms with Crippen molar-refractivity contribution in [3.63, 3.8) is 0 Å². The van der Waals surface area contributed by atoms with E-state index in [1.807, 2.05) is 0 Å². The van der Waals surface area contributed by atoms with Crippen LogP contribution in [0.4, 0.5) is 8.78 Å². The third-order valence-corrected chi connectivity index (χ3v) is 1.53. The van der Waals surface area contributed by atoms with Crippen molar-refractivity contribution in [2.45, 2.75) is 6.61 Å². The van der Waals surface area contributed by atoms with Gasteiger partial charge in [0.05, 0.1) is 4.47 Å². The van der Waals surface area contributed by atoms with Gasteiger partial charge in [0.15, 0.2) is 0 Å². The molecule has 60 valence electrons. The second kappa shape index (κ2) is 3.61. The van der Waals surface area contributed by atoms with Crippen molar-refractivity contribution in [1.82, 2.24) is 4.98 Å². The maximum Gasteiger partial charge on any atom is 0.388 e. The minimum absolute atomic E-state index is 0.0949. The van der Waals surface area contributed by atoms with Gasteiger partial charge in [-0.1, -0.05) is 0 Å². The van der Waals surface area contributed by atoms with E-state index in [1.54, 1.807) is 12.1 Å². The number of hydrogen-bond acceptors (Lipinski definition) is 2. The highest BCUT2D eigenvalue weighted by Gasteiger charge is 2.07. The van der Waals surface area contributed by atoms with Crippen molar-refractivity contribution in [2.24, 2.45) is 0 Å². The van der Waals surface area contributed by atoms with E-state index in [4.69, 9.17) is 0 Å². The van der Waals surface area contributed by atoms with E-state index in [0.717, 1.165) is 0 Å². The number of rotatable bonds is 2. The number of pyridine rings is 1. The average Bonchev–Trinajstić information content (AvgIpc) is 1.93. The van der Waals surface area contributed by atoms with E-state index in [2.05, 4.69) is 25.7 Å². The Morgan fingerprint density at radius 3 is 2.82 bits per heavy atom. The lowest BCUT2D eigenvalue weighted by Gasteiger charge is -2.03. The summed E-state index contributed by atoms with van der Waals surface area (Å²) in [4.78, 5) is 3.57. The van der Waals surface area contributed by atoms with Crippen LogP contribution in [-0.4, -0.2) is 11.6 Å². The molecule has 0 N–H and O–H groups in total. The molecule has 0 aliphatic rings. The van der Waals surface area contributed by atoms with Crippen molar-refractivity contribution in [3.05, 3.63) is 22.8 Å². The van der Waals surface area contributed by atoms with Gasteiger partial charge in [0, 0.05) is 6.20 Å². The molecule has 0 atom stereocenters. The topological polar surface area (TPSA) is 22.1 Å². The van der Waals surface area contributed by atoms with Crippen molar-refractivity contribution in [2.75, 3.05) is 0 Å². The van der Waals surface area contributed by atoms with Crippen LogP contribution in [0.2, 0.25) is 0 Å². The van der Waals surface area contributed by atoms with Crippen LogP contribution in [-0.2, 0) is 0 Å². The summed E-state index contributed by atoms with van der Waals surface area (Å²) in [5.41, 5.74) is 0. The minimum atomic E-state index is -2.83. The van der Waals surface area contributed by atoms with Gasteiger partial charge in [-0.05, 0) is 28.1 Å². The number of ether oxygens (including phenoxy) is 1. The number of nitrogens with zero attached hydrogens (tertiary/aromatic N) is 1. The van der Waals surface area contributed by atoms with Crippen molar-refractivity contribution < 1.29 is 13.5 Å². The summed E-state index contributed by atoms with van der Waals surface area (Å²) in [6, 6.07) is 3.19. The van der Waals surface area contributed by atoms with Crippen molar-refractivity contribution in [1.29, 1.82) is 0 Å². The molecule has 1 aromatic heterocycles. The van der Waals surface area contributed by atoms with Gasteiger partial charge in [-0.3, -0.25) is 0 Å². The van der Waals surface area contributed by atoms with Crippen LogP contribution >= 0.6 is 15.9 Å². The van der Waals surface area contributed by atoms with E-state index < -0.39 is 6.61 Å². The fourth-order valence-corrected chi connectivity index (χ4v) is 0.891. The molecular formula is C6H4BrF2NO. The smallest absolute Gasteiger partial charge is 0.388 e. The summed E-state index contributed by atoms with van der Waals surface area (Å²) in [5.74, 6) is -0.0949. The highest BCUT2D eigenvalue weighted by molar-refractivity contribution is 9.10. The summed E-state index contributed by atoms with van der Waals surface area (Å²) in [6.07, 6.45) is 1.38. The maximum absolute atomic E-state index is 11.6. The SMILES string of the molecule is FC(F)Oc1ncccc1Br. The molecule has 0 fully saturated rings. The third kappa shape index (κ3) is 2.42. The summed E-state index contributed by atoms with van der Waals surface area (Å²) in [7, 11) is 0. The van der Waals surface area contributed by atoms with Crippen LogP contribution in [0.3, 0.4) is 0 Å². The molecule has 1 heterocycles. The number of aromatic nitrogens is 1. The summed E-state index contributed by atoms with van der Waals surface area (Å²) >= 11 is 3.00. The Morgan fingerprint density at radius 1 is 1.55 bits per heavy atom. The fraction of sp³-hybridized carbons (Fsp3) is 0.167. The van der Waals surface area contributed by atoms with Crippen LogP contribution in [0.5, 0.6) is 5.88 Å². The molecule has 0 saturated carbocycles. The van der Waals surface area contributed by atoms with Gasteiger partial charge in [0.25, 0.3) is 0 Å². The molecule has 0 spiro atoms. The first-order chi connectivity index (χ1) is 5.20. The minimum Gasteiger partial charge on any atom is -0.416 e. The molecule has 0 radical (unpaired) electrons. The third-order valence-electron chi connectivity index (χ3n) is 0.925. The lowest BCUT2D eigenvalue weighted by atomic mass is 10.5. The van der Waals surface area contributed by atoms with Gasteiger partial charge in [-0.25, -0.2) is 4.98 Å². The van der Waals surface area contributed by atoms with Crippen molar-refractivity contribution >= 4 is 15.9 Å². The number of hydrogen-bond donors (Lipinski definition) is 0. The molecule has 0 amide bonds. The second-order valence-corrected chi connectivity index (χ2v) is 2.52. The molecule has 1 rings (SSSR count). The Labute approximate surface area is 70.3 Å². The predicted octanol–water partition coefficient (Wildman–Crippen LogP) is 2.45. The molecule has 0 bridgehead atoms. The highest BCUT2D eigenvalue weighted by atomic mass is 79.9. The van der Waals surface area contributed by atoms with Gasteiger partial charge >= 0.3 is 6.61 Å². The maximum atomic E-state index is 11.6. The molecule has 5 heteroatoms. The fourth-order valence-electron chi connectivity index (χ4n) is 0.542. The van der Waals surface area contributed by atoms with E-state index in [9.17, 15) is 8.78 Å². The average molecular weight is 224 g/mol. The Balaban J connectivity index is 2.78. The first-order valence-electron chi connectivity index (χ1n) is 2.75. The molecule has 2 nitrogen and oxygen atoms in total. The molecule has 0 aliphatic heterocycles. The standard InChI is InChI=1S/C6H4BrF2NO/c7-4-2-1-3-10-5(4)11-6(8)9/h1-3,6H. The first-order valence-corrected chi connectivity index (χ1v) is 3.55. The summed E-state index contributed by atoms with van der Waals surface area (Å²) < 4.78 is 27.7. The van der Waals surface area contributed by atoms with Crippen LogP contribution in [0.15, 0.2) is 22.8 Å². The van der Waals surface area contributed by atoms with Crippen LogP contribution in [0.25, 0.3) is 0 Å². The Hall–Kier alpha value is -0.710. The van der Waals surface area contributed by atoms with Crippen LogP contribution in [0, 0.1) is 0 Å². The monoisotopic (exact) mass is 223 g/mol. The molecule has 0 aromatic carbocycles. The molecule has 11 heavy (non-hydrogen) atoms. The zero-order valence-electron chi connectivity index (χ0n) is 5.30. The van der Waals surface area contributed by atoms with E-state index in [1.165, 1.54) is 6.20 Å². The number of alkyl halides is 2. The molecular weight excluding hydrogens is 220 g/mol.